The van der Waals surface area contributed by atoms with E-state index in [0.29, 0.717) is 17.0 Å². The van der Waals surface area contributed by atoms with E-state index < -0.39 is 6.04 Å². The summed E-state index contributed by atoms with van der Waals surface area (Å²) in [6, 6.07) is 10.1. The van der Waals surface area contributed by atoms with Crippen LogP contribution in [0.2, 0.25) is 0 Å². The summed E-state index contributed by atoms with van der Waals surface area (Å²) < 4.78 is 0. The molecule has 3 amide bonds. The molecular formula is C20H23N3O3S. The SMILES string of the molecule is CC(C)[C@@H](NC(=O)c1cccs1)C(=O)Nc1ccc(N2CCCC2=O)cc1. The van der Waals surface area contributed by atoms with Crippen LogP contribution < -0.4 is 15.5 Å². The molecule has 142 valence electrons. The number of thiophene rings is 1. The number of amides is 3. The second-order valence-electron chi connectivity index (χ2n) is 6.86. The van der Waals surface area contributed by atoms with E-state index in [1.807, 2.05) is 31.4 Å². The molecule has 7 heteroatoms. The van der Waals surface area contributed by atoms with Gasteiger partial charge in [0.2, 0.25) is 11.8 Å². The van der Waals surface area contributed by atoms with E-state index >= 15 is 0 Å². The first kappa shape index (κ1) is 19.1. The van der Waals surface area contributed by atoms with Crippen molar-refractivity contribution in [1.82, 2.24) is 5.32 Å². The topological polar surface area (TPSA) is 78.5 Å². The number of carbonyl (C=O) groups is 3. The lowest BCUT2D eigenvalue weighted by atomic mass is 10.0. The fourth-order valence-electron chi connectivity index (χ4n) is 3.02. The minimum Gasteiger partial charge on any atom is -0.339 e. The predicted octanol–water partition coefficient (Wildman–Crippen LogP) is 3.27. The number of nitrogens with zero attached hydrogens (tertiary/aromatic N) is 1. The van der Waals surface area contributed by atoms with Crippen molar-refractivity contribution in [3.8, 4) is 0 Å². The lowest BCUT2D eigenvalue weighted by molar-refractivity contribution is -0.119. The lowest BCUT2D eigenvalue weighted by Crippen LogP contribution is -2.46. The van der Waals surface area contributed by atoms with Crippen molar-refractivity contribution >= 4 is 40.4 Å². The fraction of sp³-hybridized carbons (Fsp3) is 0.350. The van der Waals surface area contributed by atoms with Crippen molar-refractivity contribution in [3.63, 3.8) is 0 Å². The van der Waals surface area contributed by atoms with Gasteiger partial charge < -0.3 is 15.5 Å². The van der Waals surface area contributed by atoms with Crippen LogP contribution in [0.3, 0.4) is 0 Å². The summed E-state index contributed by atoms with van der Waals surface area (Å²) in [5.41, 5.74) is 1.47. The van der Waals surface area contributed by atoms with Crippen LogP contribution in [0.25, 0.3) is 0 Å². The van der Waals surface area contributed by atoms with Crippen LogP contribution in [-0.2, 0) is 9.59 Å². The Bertz CT molecular complexity index is 816. The Balaban J connectivity index is 1.65. The number of nitrogens with one attached hydrogen (secondary N) is 2. The van der Waals surface area contributed by atoms with Crippen molar-refractivity contribution in [3.05, 3.63) is 46.7 Å². The van der Waals surface area contributed by atoms with Crippen LogP contribution in [0.5, 0.6) is 0 Å². The zero-order chi connectivity index (χ0) is 19.4. The van der Waals surface area contributed by atoms with Crippen molar-refractivity contribution in [1.29, 1.82) is 0 Å². The van der Waals surface area contributed by atoms with Crippen LogP contribution in [-0.4, -0.2) is 30.3 Å². The smallest absolute Gasteiger partial charge is 0.262 e. The molecule has 27 heavy (non-hydrogen) atoms. The van der Waals surface area contributed by atoms with Gasteiger partial charge in [0.15, 0.2) is 0 Å². The number of hydrogen-bond acceptors (Lipinski definition) is 4. The normalized spacial score (nSPS) is 15.1. The van der Waals surface area contributed by atoms with Crippen LogP contribution in [0.4, 0.5) is 11.4 Å². The highest BCUT2D eigenvalue weighted by atomic mass is 32.1. The second kappa shape index (κ2) is 8.35. The molecule has 6 nitrogen and oxygen atoms in total. The monoisotopic (exact) mass is 385 g/mol. The summed E-state index contributed by atoms with van der Waals surface area (Å²) in [4.78, 5) is 39.1. The third-order valence-electron chi connectivity index (χ3n) is 4.50. The van der Waals surface area contributed by atoms with Gasteiger partial charge in [0.05, 0.1) is 4.88 Å². The molecule has 3 rings (SSSR count). The molecule has 0 aliphatic carbocycles. The number of benzene rings is 1. The zero-order valence-electron chi connectivity index (χ0n) is 15.4. The van der Waals surface area contributed by atoms with Crippen molar-refractivity contribution in [2.45, 2.75) is 32.7 Å². The van der Waals surface area contributed by atoms with Crippen molar-refractivity contribution < 1.29 is 14.4 Å². The maximum Gasteiger partial charge on any atom is 0.262 e. The van der Waals surface area contributed by atoms with Crippen molar-refractivity contribution in [2.75, 3.05) is 16.8 Å². The van der Waals surface area contributed by atoms with Gasteiger partial charge in [0, 0.05) is 24.3 Å². The van der Waals surface area contributed by atoms with Gasteiger partial charge in [0.1, 0.15) is 6.04 Å². The molecule has 1 aromatic carbocycles. The summed E-state index contributed by atoms with van der Waals surface area (Å²) in [6.07, 6.45) is 1.45. The molecule has 2 N–H and O–H groups in total. The summed E-state index contributed by atoms with van der Waals surface area (Å²) in [6.45, 7) is 4.51. The highest BCUT2D eigenvalue weighted by Gasteiger charge is 2.25. The van der Waals surface area contributed by atoms with E-state index in [2.05, 4.69) is 10.6 Å². The quantitative estimate of drug-likeness (QED) is 0.801. The average molecular weight is 385 g/mol. The predicted molar refractivity (Wildman–Crippen MR) is 107 cm³/mol. The first-order valence-electron chi connectivity index (χ1n) is 9.01. The highest BCUT2D eigenvalue weighted by Crippen LogP contribution is 2.23. The molecule has 1 aliphatic heterocycles. The van der Waals surface area contributed by atoms with Gasteiger partial charge in [0.25, 0.3) is 5.91 Å². The maximum absolute atomic E-state index is 12.7. The van der Waals surface area contributed by atoms with E-state index in [9.17, 15) is 14.4 Å². The molecule has 0 unspecified atom stereocenters. The maximum atomic E-state index is 12.7. The Kier molecular flexibility index (Phi) is 5.91. The fourth-order valence-corrected chi connectivity index (χ4v) is 3.65. The van der Waals surface area contributed by atoms with Gasteiger partial charge in [-0.15, -0.1) is 11.3 Å². The van der Waals surface area contributed by atoms with Crippen LogP contribution in [0.15, 0.2) is 41.8 Å². The van der Waals surface area contributed by atoms with Gasteiger partial charge in [-0.25, -0.2) is 0 Å². The molecule has 1 atom stereocenters. The molecule has 0 spiro atoms. The molecule has 2 heterocycles. The molecular weight excluding hydrogens is 362 g/mol. The minimum absolute atomic E-state index is 0.0598. The Hall–Kier alpha value is -2.67. The third-order valence-corrected chi connectivity index (χ3v) is 5.37. The molecule has 1 saturated heterocycles. The third kappa shape index (κ3) is 4.54. The van der Waals surface area contributed by atoms with E-state index in [0.717, 1.165) is 18.7 Å². The largest absolute Gasteiger partial charge is 0.339 e. The number of carbonyl (C=O) groups excluding carboxylic acids is 3. The Morgan fingerprint density at radius 3 is 2.44 bits per heavy atom. The molecule has 0 saturated carbocycles. The first-order valence-corrected chi connectivity index (χ1v) is 9.89. The van der Waals surface area contributed by atoms with E-state index in [1.54, 1.807) is 29.2 Å². The zero-order valence-corrected chi connectivity index (χ0v) is 16.2. The molecule has 1 fully saturated rings. The summed E-state index contributed by atoms with van der Waals surface area (Å²) >= 11 is 1.34. The first-order chi connectivity index (χ1) is 13.0. The summed E-state index contributed by atoms with van der Waals surface area (Å²) in [7, 11) is 0. The Labute approximate surface area is 162 Å². The molecule has 2 aromatic rings. The van der Waals surface area contributed by atoms with Crippen LogP contribution in [0, 0.1) is 5.92 Å². The van der Waals surface area contributed by atoms with Gasteiger partial charge in [-0.1, -0.05) is 19.9 Å². The standard InChI is InChI=1S/C20H23N3O3S/c1-13(2)18(22-19(25)16-5-4-12-27-16)20(26)21-14-7-9-15(10-8-14)23-11-3-6-17(23)24/h4-5,7-10,12-13,18H,3,6,11H2,1-2H3,(H,21,26)(H,22,25)/t18-/m1/s1. The second-order valence-corrected chi connectivity index (χ2v) is 7.81. The molecule has 1 aromatic heterocycles. The van der Waals surface area contributed by atoms with Gasteiger partial charge in [-0.05, 0) is 48.1 Å². The van der Waals surface area contributed by atoms with E-state index in [1.165, 1.54) is 11.3 Å². The summed E-state index contributed by atoms with van der Waals surface area (Å²) in [5.74, 6) is -0.444. The molecule has 0 bridgehead atoms. The van der Waals surface area contributed by atoms with Gasteiger partial charge in [-0.2, -0.15) is 0 Å². The molecule has 1 aliphatic rings. The Morgan fingerprint density at radius 2 is 1.89 bits per heavy atom. The van der Waals surface area contributed by atoms with E-state index in [-0.39, 0.29) is 23.6 Å². The Morgan fingerprint density at radius 1 is 1.15 bits per heavy atom. The van der Waals surface area contributed by atoms with Gasteiger partial charge >= 0.3 is 0 Å². The number of anilines is 2. The van der Waals surface area contributed by atoms with Gasteiger partial charge in [-0.3, -0.25) is 14.4 Å². The lowest BCUT2D eigenvalue weighted by Gasteiger charge is -2.22. The van der Waals surface area contributed by atoms with Crippen LogP contribution in [0.1, 0.15) is 36.4 Å². The van der Waals surface area contributed by atoms with Crippen LogP contribution >= 0.6 is 11.3 Å². The molecule has 0 radical (unpaired) electrons. The van der Waals surface area contributed by atoms with Crippen molar-refractivity contribution in [2.24, 2.45) is 5.92 Å². The average Bonchev–Trinajstić information content (AvgIpc) is 3.31. The summed E-state index contributed by atoms with van der Waals surface area (Å²) in [5, 5.41) is 7.48. The highest BCUT2D eigenvalue weighted by molar-refractivity contribution is 7.12. The minimum atomic E-state index is -0.639. The number of rotatable bonds is 6. The number of hydrogen-bond donors (Lipinski definition) is 2. The van der Waals surface area contributed by atoms with E-state index in [4.69, 9.17) is 0 Å².